The van der Waals surface area contributed by atoms with Crippen LogP contribution in [0.25, 0.3) is 0 Å². The second-order valence-electron chi connectivity index (χ2n) is 5.29. The summed E-state index contributed by atoms with van der Waals surface area (Å²) >= 11 is 3.60. The minimum Gasteiger partial charge on any atom is -0.392 e. The predicted octanol–water partition coefficient (Wildman–Crippen LogP) is 3.08. The van der Waals surface area contributed by atoms with Gasteiger partial charge in [0, 0.05) is 5.92 Å². The molecule has 78 valence electrons. The summed E-state index contributed by atoms with van der Waals surface area (Å²) in [6, 6.07) is 0. The highest BCUT2D eigenvalue weighted by Gasteiger charge is 2.43. The van der Waals surface area contributed by atoms with Crippen LogP contribution in [0, 0.1) is 11.8 Å². The molecular weight excluding hydrogens is 256 g/mol. The van der Waals surface area contributed by atoms with Crippen molar-refractivity contribution in [3.8, 4) is 0 Å². The third kappa shape index (κ3) is 1.46. The highest BCUT2D eigenvalue weighted by atomic mass is 79.9. The Morgan fingerprint density at radius 3 is 2.64 bits per heavy atom. The van der Waals surface area contributed by atoms with Gasteiger partial charge in [0.05, 0.1) is 14.7 Å². The maximum atomic E-state index is 9.46. The van der Waals surface area contributed by atoms with Crippen LogP contribution in [0.1, 0.15) is 6.42 Å². The van der Waals surface area contributed by atoms with E-state index in [1.807, 2.05) is 0 Å². The molecule has 0 aromatic heterocycles. The maximum Gasteiger partial charge on any atom is 0.0733 e. The van der Waals surface area contributed by atoms with E-state index in [0.29, 0.717) is 11.8 Å². The van der Waals surface area contributed by atoms with Crippen LogP contribution in [-0.4, -0.2) is 19.8 Å². The van der Waals surface area contributed by atoms with Crippen molar-refractivity contribution in [2.24, 2.45) is 11.8 Å². The molecule has 0 saturated heterocycles. The SMILES string of the molecule is C[Si](C)(C)C1=C(CO)C2CC1C=C2Br. The Balaban J connectivity index is 2.41. The van der Waals surface area contributed by atoms with Gasteiger partial charge in [0.2, 0.25) is 0 Å². The highest BCUT2D eigenvalue weighted by molar-refractivity contribution is 9.11. The summed E-state index contributed by atoms with van der Waals surface area (Å²) in [6.45, 7) is 7.38. The summed E-state index contributed by atoms with van der Waals surface area (Å²) in [5, 5.41) is 11.1. The zero-order valence-electron chi connectivity index (χ0n) is 8.97. The monoisotopic (exact) mass is 272 g/mol. The van der Waals surface area contributed by atoms with Gasteiger partial charge in [0.15, 0.2) is 0 Å². The number of halogens is 1. The third-order valence-electron chi connectivity index (χ3n) is 3.30. The van der Waals surface area contributed by atoms with Crippen LogP contribution in [0.2, 0.25) is 19.6 Å². The minimum absolute atomic E-state index is 0.254. The van der Waals surface area contributed by atoms with Crippen LogP contribution < -0.4 is 0 Å². The number of aliphatic hydroxyl groups excluding tert-OH is 1. The normalized spacial score (nSPS) is 31.4. The summed E-state index contributed by atoms with van der Waals surface area (Å²) in [6.07, 6.45) is 3.55. The third-order valence-corrected chi connectivity index (χ3v) is 6.42. The number of hydrogen-bond acceptors (Lipinski definition) is 1. The second-order valence-corrected chi connectivity index (χ2v) is 11.2. The molecule has 1 N–H and O–H groups in total. The quantitative estimate of drug-likeness (QED) is 0.767. The van der Waals surface area contributed by atoms with Crippen molar-refractivity contribution in [1.29, 1.82) is 0 Å². The molecule has 0 saturated carbocycles. The largest absolute Gasteiger partial charge is 0.392 e. The lowest BCUT2D eigenvalue weighted by Crippen LogP contribution is -2.29. The number of fused-ring (bicyclic) bond motifs is 2. The van der Waals surface area contributed by atoms with Crippen LogP contribution in [-0.2, 0) is 0 Å². The first-order valence-electron chi connectivity index (χ1n) is 5.16. The van der Waals surface area contributed by atoms with Crippen LogP contribution in [0.4, 0.5) is 0 Å². The Labute approximate surface area is 95.0 Å². The fraction of sp³-hybridized carbons (Fsp3) is 0.636. The fourth-order valence-electron chi connectivity index (χ4n) is 2.91. The molecule has 0 amide bonds. The van der Waals surface area contributed by atoms with Crippen LogP contribution in [0.3, 0.4) is 0 Å². The van der Waals surface area contributed by atoms with E-state index < -0.39 is 8.07 Å². The van der Waals surface area contributed by atoms with E-state index in [1.54, 1.807) is 5.20 Å². The molecule has 14 heavy (non-hydrogen) atoms. The molecule has 0 radical (unpaired) electrons. The first kappa shape index (κ1) is 10.6. The Kier molecular flexibility index (Phi) is 2.53. The van der Waals surface area contributed by atoms with E-state index >= 15 is 0 Å². The molecule has 2 aliphatic rings. The lowest BCUT2D eigenvalue weighted by molar-refractivity contribution is 0.321. The van der Waals surface area contributed by atoms with Gasteiger partial charge in [-0.2, -0.15) is 0 Å². The number of allylic oxidation sites excluding steroid dienone is 3. The summed E-state index contributed by atoms with van der Waals surface area (Å²) in [4.78, 5) is 0. The molecule has 0 spiro atoms. The molecular formula is C11H17BrOSi. The summed E-state index contributed by atoms with van der Waals surface area (Å²) < 4.78 is 1.30. The first-order chi connectivity index (χ1) is 6.45. The topological polar surface area (TPSA) is 20.2 Å². The molecule has 3 heteroatoms. The van der Waals surface area contributed by atoms with Gasteiger partial charge in [-0.25, -0.2) is 0 Å². The van der Waals surface area contributed by atoms with E-state index in [9.17, 15) is 5.11 Å². The molecule has 0 aliphatic heterocycles. The zero-order valence-corrected chi connectivity index (χ0v) is 11.6. The molecule has 1 nitrogen and oxygen atoms in total. The average molecular weight is 273 g/mol. The Morgan fingerprint density at radius 1 is 1.50 bits per heavy atom. The first-order valence-corrected chi connectivity index (χ1v) is 9.46. The van der Waals surface area contributed by atoms with Crippen molar-refractivity contribution in [3.63, 3.8) is 0 Å². The lowest BCUT2D eigenvalue weighted by atomic mass is 10.0. The Bertz CT molecular complexity index is 325. The molecule has 2 aliphatic carbocycles. The van der Waals surface area contributed by atoms with Crippen molar-refractivity contribution in [2.45, 2.75) is 26.1 Å². The Hall–Kier alpha value is 0.137. The molecule has 0 aromatic rings. The van der Waals surface area contributed by atoms with Crippen molar-refractivity contribution < 1.29 is 5.11 Å². The predicted molar refractivity (Wildman–Crippen MR) is 66.1 cm³/mol. The fourth-order valence-corrected chi connectivity index (χ4v) is 6.22. The molecule has 2 bridgehead atoms. The zero-order chi connectivity index (χ0) is 10.5. The van der Waals surface area contributed by atoms with Crippen molar-refractivity contribution in [1.82, 2.24) is 0 Å². The number of hydrogen-bond donors (Lipinski definition) is 1. The van der Waals surface area contributed by atoms with Gasteiger partial charge in [-0.1, -0.05) is 46.8 Å². The molecule has 0 aromatic carbocycles. The van der Waals surface area contributed by atoms with Gasteiger partial charge < -0.3 is 5.11 Å². The summed E-state index contributed by atoms with van der Waals surface area (Å²) in [5.74, 6) is 1.13. The Morgan fingerprint density at radius 2 is 2.14 bits per heavy atom. The molecule has 0 heterocycles. The smallest absolute Gasteiger partial charge is 0.0733 e. The summed E-state index contributed by atoms with van der Waals surface area (Å²) in [7, 11) is -1.24. The highest BCUT2D eigenvalue weighted by Crippen LogP contribution is 2.52. The number of rotatable bonds is 2. The van der Waals surface area contributed by atoms with E-state index in [0.717, 1.165) is 0 Å². The van der Waals surface area contributed by atoms with Crippen molar-refractivity contribution in [3.05, 3.63) is 21.3 Å². The molecule has 2 atom stereocenters. The summed E-state index contributed by atoms with van der Waals surface area (Å²) in [5.41, 5.74) is 1.32. The van der Waals surface area contributed by atoms with Crippen molar-refractivity contribution >= 4 is 24.0 Å². The van der Waals surface area contributed by atoms with Crippen molar-refractivity contribution in [2.75, 3.05) is 6.61 Å². The molecule has 2 rings (SSSR count). The molecule has 0 fully saturated rings. The van der Waals surface area contributed by atoms with Gasteiger partial charge >= 0.3 is 0 Å². The van der Waals surface area contributed by atoms with Gasteiger partial charge in [-0.3, -0.25) is 0 Å². The standard InChI is InChI=1S/C11H17BrOSi/c1-14(2,3)11-7-4-8(9(11)6-13)10(12)5-7/h5,7-8,13H,4,6H2,1-3H3. The average Bonchev–Trinajstić information content (AvgIpc) is 2.57. The van der Waals surface area contributed by atoms with Gasteiger partial charge in [0.25, 0.3) is 0 Å². The number of aliphatic hydroxyl groups is 1. The van der Waals surface area contributed by atoms with Gasteiger partial charge in [-0.15, -0.1) is 0 Å². The van der Waals surface area contributed by atoms with Gasteiger partial charge in [-0.05, 0) is 22.4 Å². The maximum absolute atomic E-state index is 9.46. The van der Waals surface area contributed by atoms with Crippen LogP contribution in [0.15, 0.2) is 21.3 Å². The van der Waals surface area contributed by atoms with Crippen LogP contribution in [0.5, 0.6) is 0 Å². The van der Waals surface area contributed by atoms with E-state index in [2.05, 4.69) is 41.6 Å². The van der Waals surface area contributed by atoms with Crippen LogP contribution >= 0.6 is 15.9 Å². The van der Waals surface area contributed by atoms with E-state index in [4.69, 9.17) is 0 Å². The van der Waals surface area contributed by atoms with E-state index in [1.165, 1.54) is 16.5 Å². The second kappa shape index (κ2) is 3.32. The molecule has 2 unspecified atom stereocenters. The van der Waals surface area contributed by atoms with E-state index in [-0.39, 0.29) is 6.61 Å². The lowest BCUT2D eigenvalue weighted by Gasteiger charge is -2.26. The van der Waals surface area contributed by atoms with Gasteiger partial charge in [0.1, 0.15) is 0 Å². The minimum atomic E-state index is -1.24.